The number of carbonyl (C=O) groups is 2. The van der Waals surface area contributed by atoms with E-state index in [-0.39, 0.29) is 24.4 Å². The van der Waals surface area contributed by atoms with Crippen LogP contribution in [0.5, 0.6) is 0 Å². The molecule has 0 radical (unpaired) electrons. The van der Waals surface area contributed by atoms with E-state index in [1.54, 1.807) is 18.7 Å². The second-order valence-corrected chi connectivity index (χ2v) is 7.19. The molecule has 26 heavy (non-hydrogen) atoms. The van der Waals surface area contributed by atoms with Crippen molar-refractivity contribution in [3.05, 3.63) is 11.5 Å². The fourth-order valence-corrected chi connectivity index (χ4v) is 3.49. The number of hydrogen-bond acceptors (Lipinski definition) is 6. The second kappa shape index (κ2) is 6.55. The molecule has 1 spiro atoms. The minimum absolute atomic E-state index is 0.160. The number of nitrogens with zero attached hydrogens (tertiary/aromatic N) is 3. The lowest BCUT2D eigenvalue weighted by atomic mass is 10.1. The van der Waals surface area contributed by atoms with Crippen LogP contribution in [0.3, 0.4) is 0 Å². The molecule has 9 nitrogen and oxygen atoms in total. The van der Waals surface area contributed by atoms with Crippen molar-refractivity contribution in [1.29, 1.82) is 0 Å². The van der Waals surface area contributed by atoms with Crippen LogP contribution >= 0.6 is 0 Å². The van der Waals surface area contributed by atoms with E-state index >= 15 is 0 Å². The Labute approximate surface area is 151 Å². The summed E-state index contributed by atoms with van der Waals surface area (Å²) >= 11 is 0. The van der Waals surface area contributed by atoms with E-state index < -0.39 is 5.79 Å². The topological polar surface area (TPSA) is 97.1 Å². The number of nitrogens with one attached hydrogen (secondary N) is 1. The zero-order chi connectivity index (χ0) is 18.3. The van der Waals surface area contributed by atoms with Crippen LogP contribution in [0.1, 0.15) is 24.3 Å². The fraction of sp³-hybridized carbons (Fsp3) is 0.706. The maximum atomic E-state index is 12.7. The molecule has 3 fully saturated rings. The highest BCUT2D eigenvalue weighted by atomic mass is 16.7. The first kappa shape index (κ1) is 17.3. The van der Waals surface area contributed by atoms with Gasteiger partial charge in [0.2, 0.25) is 11.7 Å². The lowest BCUT2D eigenvalue weighted by Crippen LogP contribution is -2.64. The van der Waals surface area contributed by atoms with Crippen LogP contribution < -0.4 is 5.32 Å². The van der Waals surface area contributed by atoms with E-state index in [2.05, 4.69) is 10.5 Å². The third kappa shape index (κ3) is 3.28. The van der Waals surface area contributed by atoms with E-state index in [9.17, 15) is 9.59 Å². The molecule has 1 aliphatic carbocycles. The van der Waals surface area contributed by atoms with Crippen LogP contribution in [0.4, 0.5) is 10.5 Å². The van der Waals surface area contributed by atoms with Crippen molar-refractivity contribution < 1.29 is 23.6 Å². The quantitative estimate of drug-likeness (QED) is 0.845. The average Bonchev–Trinajstić information content (AvgIpc) is 3.43. The van der Waals surface area contributed by atoms with Crippen molar-refractivity contribution in [2.75, 3.05) is 44.7 Å². The van der Waals surface area contributed by atoms with Gasteiger partial charge in [0, 0.05) is 19.0 Å². The third-order valence-electron chi connectivity index (χ3n) is 5.11. The Morgan fingerprint density at radius 1 is 1.12 bits per heavy atom. The van der Waals surface area contributed by atoms with Crippen molar-refractivity contribution in [3.63, 3.8) is 0 Å². The van der Waals surface area contributed by atoms with Gasteiger partial charge in [0.05, 0.1) is 26.3 Å². The van der Waals surface area contributed by atoms with Gasteiger partial charge in [-0.15, -0.1) is 0 Å². The molecular weight excluding hydrogens is 340 g/mol. The Hall–Kier alpha value is -2.13. The number of carbonyl (C=O) groups excluding carboxylic acids is 2. The number of aryl methyl sites for hydroxylation is 2. The van der Waals surface area contributed by atoms with Gasteiger partial charge in [0.25, 0.3) is 0 Å². The Morgan fingerprint density at radius 2 is 1.77 bits per heavy atom. The van der Waals surface area contributed by atoms with Crippen molar-refractivity contribution >= 4 is 17.6 Å². The third-order valence-corrected chi connectivity index (χ3v) is 5.11. The monoisotopic (exact) mass is 364 g/mol. The zero-order valence-electron chi connectivity index (χ0n) is 15.1. The van der Waals surface area contributed by atoms with Gasteiger partial charge >= 0.3 is 6.03 Å². The maximum absolute atomic E-state index is 12.7. The van der Waals surface area contributed by atoms with Gasteiger partial charge in [-0.2, -0.15) is 0 Å². The molecule has 1 N–H and O–H groups in total. The summed E-state index contributed by atoms with van der Waals surface area (Å²) in [4.78, 5) is 28.5. The van der Waals surface area contributed by atoms with E-state index in [1.165, 1.54) is 0 Å². The predicted octanol–water partition coefficient (Wildman–Crippen LogP) is 1.12. The smallest absolute Gasteiger partial charge is 0.322 e. The number of hydrogen-bond donors (Lipinski definition) is 1. The van der Waals surface area contributed by atoms with Crippen LogP contribution in [0.15, 0.2) is 4.52 Å². The predicted molar refractivity (Wildman–Crippen MR) is 90.5 cm³/mol. The summed E-state index contributed by atoms with van der Waals surface area (Å²) in [6, 6.07) is -0.253. The first-order valence-electron chi connectivity index (χ1n) is 9.03. The highest BCUT2D eigenvalue weighted by Gasteiger charge is 2.46. The molecule has 0 aromatic carbocycles. The van der Waals surface area contributed by atoms with Crippen LogP contribution in [0.25, 0.3) is 0 Å². The van der Waals surface area contributed by atoms with Gasteiger partial charge < -0.3 is 29.1 Å². The van der Waals surface area contributed by atoms with Gasteiger partial charge in [-0.05, 0) is 26.7 Å². The zero-order valence-corrected chi connectivity index (χ0v) is 15.1. The number of amides is 3. The number of aromatic nitrogens is 1. The summed E-state index contributed by atoms with van der Waals surface area (Å²) in [6.45, 7) is 5.97. The highest BCUT2D eigenvalue weighted by molar-refractivity contribution is 5.90. The van der Waals surface area contributed by atoms with E-state index in [0.717, 1.165) is 12.8 Å². The Morgan fingerprint density at radius 3 is 2.38 bits per heavy atom. The molecule has 3 amide bonds. The molecule has 2 saturated heterocycles. The Bertz CT molecular complexity index is 693. The molecule has 9 heteroatoms. The minimum Gasteiger partial charge on any atom is -0.359 e. The van der Waals surface area contributed by atoms with Gasteiger partial charge in [0.1, 0.15) is 11.4 Å². The second-order valence-electron chi connectivity index (χ2n) is 7.19. The number of morpholine rings is 2. The van der Waals surface area contributed by atoms with Gasteiger partial charge in [-0.25, -0.2) is 4.79 Å². The van der Waals surface area contributed by atoms with Gasteiger partial charge in [0.15, 0.2) is 5.76 Å². The van der Waals surface area contributed by atoms with E-state index in [1.807, 2.05) is 4.90 Å². The summed E-state index contributed by atoms with van der Waals surface area (Å²) in [6.07, 6.45) is 1.94. The number of ether oxygens (including phenoxy) is 2. The largest absolute Gasteiger partial charge is 0.359 e. The van der Waals surface area contributed by atoms with Crippen molar-refractivity contribution in [2.45, 2.75) is 32.5 Å². The molecule has 1 saturated carbocycles. The molecule has 3 aliphatic rings. The molecule has 1 aromatic rings. The van der Waals surface area contributed by atoms with Crippen molar-refractivity contribution in [3.8, 4) is 0 Å². The normalized spacial score (nSPS) is 26.2. The molecule has 1 atom stereocenters. The summed E-state index contributed by atoms with van der Waals surface area (Å²) in [5, 5.41) is 6.70. The molecule has 3 heterocycles. The van der Waals surface area contributed by atoms with Crippen LogP contribution in [-0.4, -0.2) is 72.1 Å². The average molecular weight is 364 g/mol. The fourth-order valence-electron chi connectivity index (χ4n) is 3.49. The SMILES string of the molecule is Cc1noc(C)c1NC(=O)N1CCOC2(C1)CN(C(=O)C1CC1)CCO2. The van der Waals surface area contributed by atoms with Crippen LogP contribution in [0.2, 0.25) is 0 Å². The van der Waals surface area contributed by atoms with E-state index in [4.69, 9.17) is 14.0 Å². The lowest BCUT2D eigenvalue weighted by molar-refractivity contribution is -0.284. The van der Waals surface area contributed by atoms with Crippen molar-refractivity contribution in [1.82, 2.24) is 15.0 Å². The summed E-state index contributed by atoms with van der Waals surface area (Å²) in [7, 11) is 0. The minimum atomic E-state index is -0.947. The molecule has 1 aromatic heterocycles. The maximum Gasteiger partial charge on any atom is 0.322 e. The Kier molecular flexibility index (Phi) is 4.36. The number of anilines is 1. The standard InChI is InChI=1S/C17H24N4O5/c1-11-14(12(2)26-19-11)18-16(23)21-6-8-25-17(10-21)9-20(5-7-24-17)15(22)13-3-4-13/h13H,3-10H2,1-2H3,(H,18,23). The molecule has 4 rings (SSSR count). The highest BCUT2D eigenvalue weighted by Crippen LogP contribution is 2.33. The number of rotatable bonds is 2. The summed E-state index contributed by atoms with van der Waals surface area (Å²) in [5.74, 6) is -0.0490. The van der Waals surface area contributed by atoms with Gasteiger partial charge in [-0.3, -0.25) is 4.79 Å². The molecular formula is C17H24N4O5. The summed E-state index contributed by atoms with van der Waals surface area (Å²) in [5.41, 5.74) is 1.22. The van der Waals surface area contributed by atoms with Crippen LogP contribution in [0, 0.1) is 19.8 Å². The molecule has 2 aliphatic heterocycles. The van der Waals surface area contributed by atoms with Crippen molar-refractivity contribution in [2.24, 2.45) is 5.92 Å². The van der Waals surface area contributed by atoms with Crippen LogP contribution in [-0.2, 0) is 14.3 Å². The lowest BCUT2D eigenvalue weighted by Gasteiger charge is -2.47. The van der Waals surface area contributed by atoms with Gasteiger partial charge in [-0.1, -0.05) is 5.16 Å². The molecule has 0 bridgehead atoms. The molecule has 142 valence electrons. The molecule has 1 unspecified atom stereocenters. The van der Waals surface area contributed by atoms with E-state index in [0.29, 0.717) is 50.0 Å². The Balaban J connectivity index is 1.43. The first-order valence-corrected chi connectivity index (χ1v) is 9.03. The summed E-state index contributed by atoms with van der Waals surface area (Å²) < 4.78 is 16.8. The number of urea groups is 1. The first-order chi connectivity index (χ1) is 12.5.